The lowest BCUT2D eigenvalue weighted by Gasteiger charge is -2.29. The molecule has 1 aliphatic heterocycles. The van der Waals surface area contributed by atoms with E-state index in [0.29, 0.717) is 19.8 Å². The Labute approximate surface area is 136 Å². The zero-order valence-electron chi connectivity index (χ0n) is 13.4. The number of urea groups is 1. The summed E-state index contributed by atoms with van der Waals surface area (Å²) >= 11 is 2.00. The van der Waals surface area contributed by atoms with Gasteiger partial charge in [-0.15, -0.1) is 0 Å². The third-order valence-electron chi connectivity index (χ3n) is 3.57. The lowest BCUT2D eigenvalue weighted by Crippen LogP contribution is -2.33. The summed E-state index contributed by atoms with van der Waals surface area (Å²) in [5.41, 5.74) is 3.17. The summed E-state index contributed by atoms with van der Waals surface area (Å²) in [6, 6.07) is 6.02. The fourth-order valence-corrected chi connectivity index (χ4v) is 3.26. The smallest absolute Gasteiger partial charge is 0.319 e. The molecule has 0 bridgehead atoms. The molecule has 2 N–H and O–H groups in total. The first-order valence-electron chi connectivity index (χ1n) is 7.76. The Balaban J connectivity index is 1.87. The average Bonchev–Trinajstić information content (AvgIpc) is 2.54. The van der Waals surface area contributed by atoms with Gasteiger partial charge in [0, 0.05) is 49.1 Å². The predicted molar refractivity (Wildman–Crippen MR) is 94.2 cm³/mol. The summed E-state index contributed by atoms with van der Waals surface area (Å²) in [5.74, 6) is 2.36. The number of benzene rings is 1. The Bertz CT molecular complexity index is 490. The SMILES string of the molecule is CCOCCNC(=O)Nc1ccc(N2CCSCC2)cc1C. The largest absolute Gasteiger partial charge is 0.380 e. The number of nitrogens with one attached hydrogen (secondary N) is 2. The Morgan fingerprint density at radius 1 is 1.36 bits per heavy atom. The Morgan fingerprint density at radius 2 is 2.14 bits per heavy atom. The molecule has 0 aliphatic carbocycles. The lowest BCUT2D eigenvalue weighted by molar-refractivity contribution is 0.150. The first kappa shape index (κ1) is 17.0. The highest BCUT2D eigenvalue weighted by molar-refractivity contribution is 7.99. The number of aryl methyl sites for hydroxylation is 1. The number of hydrogen-bond acceptors (Lipinski definition) is 4. The van der Waals surface area contributed by atoms with Gasteiger partial charge < -0.3 is 20.3 Å². The second-order valence-corrected chi connectivity index (χ2v) is 6.40. The summed E-state index contributed by atoms with van der Waals surface area (Å²) in [7, 11) is 0. The van der Waals surface area contributed by atoms with Crippen molar-refractivity contribution in [3.8, 4) is 0 Å². The van der Waals surface area contributed by atoms with Crippen LogP contribution in [0.25, 0.3) is 0 Å². The van der Waals surface area contributed by atoms with E-state index in [0.717, 1.165) is 24.3 Å². The van der Waals surface area contributed by atoms with Crippen LogP contribution in [0.5, 0.6) is 0 Å². The van der Waals surface area contributed by atoms with Crippen molar-refractivity contribution < 1.29 is 9.53 Å². The highest BCUT2D eigenvalue weighted by Crippen LogP contribution is 2.24. The third kappa shape index (κ3) is 5.10. The maximum Gasteiger partial charge on any atom is 0.319 e. The molecule has 1 saturated heterocycles. The maximum atomic E-state index is 11.8. The van der Waals surface area contributed by atoms with Gasteiger partial charge in [-0.25, -0.2) is 4.79 Å². The van der Waals surface area contributed by atoms with Crippen LogP contribution in [0.4, 0.5) is 16.2 Å². The average molecular weight is 323 g/mol. The van der Waals surface area contributed by atoms with Gasteiger partial charge in [0.05, 0.1) is 6.61 Å². The van der Waals surface area contributed by atoms with Crippen molar-refractivity contribution in [3.05, 3.63) is 23.8 Å². The highest BCUT2D eigenvalue weighted by Gasteiger charge is 2.12. The van der Waals surface area contributed by atoms with E-state index >= 15 is 0 Å². The number of carbonyl (C=O) groups excluding carboxylic acids is 1. The first-order chi connectivity index (χ1) is 10.7. The van der Waals surface area contributed by atoms with Gasteiger partial charge in [0.25, 0.3) is 0 Å². The van der Waals surface area contributed by atoms with Gasteiger partial charge in [-0.3, -0.25) is 0 Å². The zero-order chi connectivity index (χ0) is 15.8. The molecule has 0 spiro atoms. The summed E-state index contributed by atoms with van der Waals surface area (Å²) in [6.07, 6.45) is 0. The van der Waals surface area contributed by atoms with Crippen LogP contribution in [0.1, 0.15) is 12.5 Å². The van der Waals surface area contributed by atoms with E-state index in [4.69, 9.17) is 4.74 Å². The van der Waals surface area contributed by atoms with Crippen LogP contribution in [-0.2, 0) is 4.74 Å². The van der Waals surface area contributed by atoms with E-state index in [1.54, 1.807) is 0 Å². The monoisotopic (exact) mass is 323 g/mol. The number of hydrogen-bond donors (Lipinski definition) is 2. The van der Waals surface area contributed by atoms with E-state index in [2.05, 4.69) is 27.7 Å². The Morgan fingerprint density at radius 3 is 2.82 bits per heavy atom. The van der Waals surface area contributed by atoms with E-state index < -0.39 is 0 Å². The molecule has 1 aliphatic rings. The Hall–Kier alpha value is -1.40. The standard InChI is InChI=1S/C16H25N3O2S/c1-3-21-9-6-17-16(20)18-15-5-4-14(12-13(15)2)19-7-10-22-11-8-19/h4-5,12H,3,6-11H2,1-2H3,(H2,17,18,20). The van der Waals surface area contributed by atoms with Crippen molar-refractivity contribution in [1.29, 1.82) is 0 Å². The number of rotatable bonds is 6. The first-order valence-corrected chi connectivity index (χ1v) is 8.92. The molecular weight excluding hydrogens is 298 g/mol. The van der Waals surface area contributed by atoms with Crippen molar-refractivity contribution >= 4 is 29.2 Å². The van der Waals surface area contributed by atoms with Gasteiger partial charge in [0.1, 0.15) is 0 Å². The molecule has 1 fully saturated rings. The second-order valence-electron chi connectivity index (χ2n) is 5.18. The fraction of sp³-hybridized carbons (Fsp3) is 0.562. The minimum Gasteiger partial charge on any atom is -0.380 e. The van der Waals surface area contributed by atoms with E-state index in [9.17, 15) is 4.79 Å². The molecule has 6 heteroatoms. The number of ether oxygens (including phenoxy) is 1. The van der Waals surface area contributed by atoms with Gasteiger partial charge in [-0.05, 0) is 37.6 Å². The van der Waals surface area contributed by atoms with Crippen molar-refractivity contribution in [2.24, 2.45) is 0 Å². The Kier molecular flexibility index (Phi) is 6.86. The maximum absolute atomic E-state index is 11.8. The van der Waals surface area contributed by atoms with Crippen LogP contribution >= 0.6 is 11.8 Å². The number of anilines is 2. The number of amides is 2. The normalized spacial score (nSPS) is 14.7. The van der Waals surface area contributed by atoms with E-state index in [1.807, 2.05) is 31.7 Å². The lowest BCUT2D eigenvalue weighted by atomic mass is 10.1. The molecule has 5 nitrogen and oxygen atoms in total. The second kappa shape index (κ2) is 8.90. The molecule has 0 atom stereocenters. The molecule has 0 unspecified atom stereocenters. The molecule has 2 rings (SSSR count). The highest BCUT2D eigenvalue weighted by atomic mass is 32.2. The van der Waals surface area contributed by atoms with Gasteiger partial charge in [0.2, 0.25) is 0 Å². The minimum atomic E-state index is -0.190. The van der Waals surface area contributed by atoms with Crippen LogP contribution in [0, 0.1) is 6.92 Å². The zero-order valence-corrected chi connectivity index (χ0v) is 14.2. The minimum absolute atomic E-state index is 0.190. The number of thioether (sulfide) groups is 1. The topological polar surface area (TPSA) is 53.6 Å². The van der Waals surface area contributed by atoms with Crippen molar-refractivity contribution in [3.63, 3.8) is 0 Å². The molecule has 1 heterocycles. The van der Waals surface area contributed by atoms with Crippen molar-refractivity contribution in [2.45, 2.75) is 13.8 Å². The molecule has 0 saturated carbocycles. The molecular formula is C16H25N3O2S. The molecule has 0 radical (unpaired) electrons. The molecule has 122 valence electrons. The summed E-state index contributed by atoms with van der Waals surface area (Å²) < 4.78 is 5.19. The van der Waals surface area contributed by atoms with Crippen LogP contribution in [-0.4, -0.2) is 50.4 Å². The summed E-state index contributed by atoms with van der Waals surface area (Å²) in [5, 5.41) is 5.67. The van der Waals surface area contributed by atoms with Crippen LogP contribution < -0.4 is 15.5 Å². The molecule has 22 heavy (non-hydrogen) atoms. The number of carbonyl (C=O) groups is 1. The van der Waals surface area contributed by atoms with Gasteiger partial charge in [-0.1, -0.05) is 0 Å². The third-order valence-corrected chi connectivity index (χ3v) is 4.51. The van der Waals surface area contributed by atoms with E-state index in [1.165, 1.54) is 17.2 Å². The summed E-state index contributed by atoms with van der Waals surface area (Å²) in [4.78, 5) is 14.2. The van der Waals surface area contributed by atoms with Crippen LogP contribution in [0.3, 0.4) is 0 Å². The predicted octanol–water partition coefficient (Wildman–Crippen LogP) is 2.71. The van der Waals surface area contributed by atoms with Gasteiger partial charge in [-0.2, -0.15) is 11.8 Å². The fourth-order valence-electron chi connectivity index (χ4n) is 2.35. The van der Waals surface area contributed by atoms with Crippen molar-refractivity contribution in [1.82, 2.24) is 5.32 Å². The number of nitrogens with zero attached hydrogens (tertiary/aromatic N) is 1. The van der Waals surface area contributed by atoms with Crippen molar-refractivity contribution in [2.75, 3.05) is 54.6 Å². The van der Waals surface area contributed by atoms with Crippen LogP contribution in [0.2, 0.25) is 0 Å². The molecule has 1 aromatic rings. The summed E-state index contributed by atoms with van der Waals surface area (Å²) in [6.45, 7) is 7.86. The van der Waals surface area contributed by atoms with E-state index in [-0.39, 0.29) is 6.03 Å². The molecule has 0 aromatic heterocycles. The molecule has 2 amide bonds. The van der Waals surface area contributed by atoms with Gasteiger partial charge in [0.15, 0.2) is 0 Å². The molecule has 1 aromatic carbocycles. The van der Waals surface area contributed by atoms with Gasteiger partial charge >= 0.3 is 6.03 Å². The quantitative estimate of drug-likeness (QED) is 0.791. The van der Waals surface area contributed by atoms with Crippen LogP contribution in [0.15, 0.2) is 18.2 Å².